The third kappa shape index (κ3) is 7.54. The van der Waals surface area contributed by atoms with Crippen molar-refractivity contribution in [1.29, 1.82) is 0 Å². The fourth-order valence-electron chi connectivity index (χ4n) is 6.19. The van der Waals surface area contributed by atoms with Gasteiger partial charge in [-0.15, -0.1) is 0 Å². The Hall–Kier alpha value is -4.33. The summed E-state index contributed by atoms with van der Waals surface area (Å²) in [5.74, 6) is -0.0496. The molecule has 2 N–H and O–H groups in total. The summed E-state index contributed by atoms with van der Waals surface area (Å²) in [6, 6.07) is 39.9. The molecule has 1 fully saturated rings. The number of nitrogens with zero attached hydrogens (tertiary/aromatic N) is 1. The van der Waals surface area contributed by atoms with Gasteiger partial charge in [-0.2, -0.15) is 0 Å². The van der Waals surface area contributed by atoms with Crippen molar-refractivity contribution in [1.82, 2.24) is 10.2 Å². The maximum absolute atomic E-state index is 11.4. The molecule has 1 aliphatic rings. The number of rotatable bonds is 10. The van der Waals surface area contributed by atoms with Crippen LogP contribution in [-0.2, 0) is 27.4 Å². The first-order valence-electron chi connectivity index (χ1n) is 16.0. The van der Waals surface area contributed by atoms with Crippen LogP contribution in [0.3, 0.4) is 0 Å². The number of carbonyl (C=O) groups is 1. The van der Waals surface area contributed by atoms with Crippen LogP contribution in [0.4, 0.5) is 0 Å². The second-order valence-corrected chi connectivity index (χ2v) is 12.3. The van der Waals surface area contributed by atoms with Gasteiger partial charge in [0, 0.05) is 38.0 Å². The standard InChI is InChI=1S/C40H42N2O4/c1-27(33-19-18-31-9-4-5-10-35(31)21-33)42(3)25-38-23-39(32-16-14-29(26-43)15-17-32)46-40(45-38)37-13-7-12-36(22-37)34-11-6-8-30(20-34)24-41-28(2)44/h4-22,27,38-40,43H,23-26H2,1-3H3,(H,41,44)/t27-,38-,39+,40+/m1/s1. The van der Waals surface area contributed by atoms with Gasteiger partial charge in [0.15, 0.2) is 6.29 Å². The van der Waals surface area contributed by atoms with Gasteiger partial charge in [0.2, 0.25) is 5.91 Å². The Morgan fingerprint density at radius 1 is 0.826 bits per heavy atom. The number of benzene rings is 5. The van der Waals surface area contributed by atoms with Crippen LogP contribution in [0, 0.1) is 0 Å². The number of carbonyl (C=O) groups excluding carboxylic acids is 1. The first-order valence-corrected chi connectivity index (χ1v) is 16.0. The molecule has 0 unspecified atom stereocenters. The highest BCUT2D eigenvalue weighted by Gasteiger charge is 2.33. The van der Waals surface area contributed by atoms with Crippen LogP contribution in [0.2, 0.25) is 0 Å². The molecular formula is C40H42N2O4. The third-order valence-corrected chi connectivity index (χ3v) is 8.98. The summed E-state index contributed by atoms with van der Waals surface area (Å²) in [5, 5.41) is 15.0. The second-order valence-electron chi connectivity index (χ2n) is 12.3. The summed E-state index contributed by atoms with van der Waals surface area (Å²) < 4.78 is 13.4. The van der Waals surface area contributed by atoms with E-state index >= 15 is 0 Å². The van der Waals surface area contributed by atoms with E-state index in [0.717, 1.165) is 39.9 Å². The lowest BCUT2D eigenvalue weighted by molar-refractivity contribution is -0.253. The van der Waals surface area contributed by atoms with Gasteiger partial charge < -0.3 is 19.9 Å². The summed E-state index contributed by atoms with van der Waals surface area (Å²) >= 11 is 0. The summed E-state index contributed by atoms with van der Waals surface area (Å²) in [6.45, 7) is 5.01. The Labute approximate surface area is 271 Å². The van der Waals surface area contributed by atoms with E-state index in [-0.39, 0.29) is 30.8 Å². The van der Waals surface area contributed by atoms with Crippen molar-refractivity contribution >= 4 is 16.7 Å². The molecule has 6 rings (SSSR count). The van der Waals surface area contributed by atoms with Gasteiger partial charge in [-0.25, -0.2) is 0 Å². The minimum atomic E-state index is -0.548. The lowest BCUT2D eigenvalue weighted by Gasteiger charge is -2.39. The number of amides is 1. The molecule has 1 saturated heterocycles. The molecule has 0 aromatic heterocycles. The highest BCUT2D eigenvalue weighted by molar-refractivity contribution is 5.83. The van der Waals surface area contributed by atoms with Gasteiger partial charge in [-0.05, 0) is 76.3 Å². The number of fused-ring (bicyclic) bond motifs is 1. The second kappa shape index (κ2) is 14.4. The van der Waals surface area contributed by atoms with E-state index in [0.29, 0.717) is 13.0 Å². The molecule has 0 bridgehead atoms. The van der Waals surface area contributed by atoms with E-state index in [1.807, 2.05) is 42.5 Å². The van der Waals surface area contributed by atoms with Crippen molar-refractivity contribution in [3.63, 3.8) is 0 Å². The van der Waals surface area contributed by atoms with E-state index in [4.69, 9.17) is 9.47 Å². The lowest BCUT2D eigenvalue weighted by atomic mass is 9.97. The Kier molecular flexibility index (Phi) is 9.91. The number of hydrogen-bond donors (Lipinski definition) is 2. The van der Waals surface area contributed by atoms with Crippen LogP contribution >= 0.6 is 0 Å². The van der Waals surface area contributed by atoms with E-state index in [2.05, 4.69) is 97.0 Å². The fourth-order valence-corrected chi connectivity index (χ4v) is 6.19. The molecule has 1 amide bonds. The van der Waals surface area contributed by atoms with Crippen molar-refractivity contribution in [2.45, 2.75) is 58.0 Å². The Balaban J connectivity index is 1.24. The van der Waals surface area contributed by atoms with Crippen molar-refractivity contribution in [2.75, 3.05) is 13.6 Å². The van der Waals surface area contributed by atoms with Crippen molar-refractivity contribution in [3.05, 3.63) is 143 Å². The number of aliphatic hydroxyl groups excluding tert-OH is 1. The molecule has 1 aliphatic heterocycles. The van der Waals surface area contributed by atoms with E-state index < -0.39 is 6.29 Å². The average Bonchev–Trinajstić information content (AvgIpc) is 3.10. The quantitative estimate of drug-likeness (QED) is 0.168. The molecule has 6 heteroatoms. The molecule has 0 saturated carbocycles. The highest BCUT2D eigenvalue weighted by atomic mass is 16.7. The van der Waals surface area contributed by atoms with Crippen LogP contribution in [0.1, 0.15) is 66.5 Å². The molecule has 0 radical (unpaired) electrons. The zero-order valence-electron chi connectivity index (χ0n) is 26.7. The number of likely N-dealkylation sites (N-methyl/N-ethyl adjacent to an activating group) is 1. The maximum atomic E-state index is 11.4. The van der Waals surface area contributed by atoms with Crippen LogP contribution in [0.15, 0.2) is 115 Å². The maximum Gasteiger partial charge on any atom is 0.217 e. The first kappa shape index (κ1) is 31.6. The molecular weight excluding hydrogens is 572 g/mol. The summed E-state index contributed by atoms with van der Waals surface area (Å²) in [6.07, 6.45) is -0.0632. The lowest BCUT2D eigenvalue weighted by Crippen LogP contribution is -2.38. The molecule has 5 aromatic rings. The molecule has 4 atom stereocenters. The fraction of sp³-hybridized carbons (Fsp3) is 0.275. The monoisotopic (exact) mass is 614 g/mol. The summed E-state index contributed by atoms with van der Waals surface area (Å²) in [5.41, 5.74) is 7.34. The van der Waals surface area contributed by atoms with Crippen molar-refractivity contribution in [2.24, 2.45) is 0 Å². The Morgan fingerprint density at radius 3 is 2.33 bits per heavy atom. The summed E-state index contributed by atoms with van der Waals surface area (Å²) in [7, 11) is 2.16. The SMILES string of the molecule is CC(=O)NCc1cccc(-c2cccc([C@H]3O[C@@H](CN(C)[C@H](C)c4ccc5ccccc5c4)C[C@@H](c4ccc(CO)cc4)O3)c2)c1. The van der Waals surface area contributed by atoms with E-state index in [1.54, 1.807) is 0 Å². The number of nitrogens with one attached hydrogen (secondary N) is 1. The largest absolute Gasteiger partial charge is 0.392 e. The predicted octanol–water partition coefficient (Wildman–Crippen LogP) is 7.87. The van der Waals surface area contributed by atoms with Gasteiger partial charge >= 0.3 is 0 Å². The number of aliphatic hydroxyl groups is 1. The molecule has 46 heavy (non-hydrogen) atoms. The van der Waals surface area contributed by atoms with Gasteiger partial charge in [0.05, 0.1) is 18.8 Å². The average molecular weight is 615 g/mol. The van der Waals surface area contributed by atoms with Crippen LogP contribution in [0.5, 0.6) is 0 Å². The number of hydrogen-bond acceptors (Lipinski definition) is 5. The molecule has 236 valence electrons. The van der Waals surface area contributed by atoms with Crippen LogP contribution in [-0.4, -0.2) is 35.6 Å². The highest BCUT2D eigenvalue weighted by Crippen LogP contribution is 2.39. The minimum absolute atomic E-state index is 0.0103. The third-order valence-electron chi connectivity index (χ3n) is 8.98. The van der Waals surface area contributed by atoms with Gasteiger partial charge in [0.1, 0.15) is 0 Å². The van der Waals surface area contributed by atoms with Gasteiger partial charge in [-0.1, -0.05) is 97.1 Å². The first-order chi connectivity index (χ1) is 22.4. The van der Waals surface area contributed by atoms with Crippen molar-refractivity contribution in [3.8, 4) is 11.1 Å². The normalized spacial score (nSPS) is 18.8. The molecule has 0 spiro atoms. The van der Waals surface area contributed by atoms with E-state index in [9.17, 15) is 9.90 Å². The molecule has 0 aliphatic carbocycles. The topological polar surface area (TPSA) is 71.0 Å². The molecule has 1 heterocycles. The number of ether oxygens (including phenoxy) is 2. The summed E-state index contributed by atoms with van der Waals surface area (Å²) in [4.78, 5) is 13.8. The van der Waals surface area contributed by atoms with Crippen LogP contribution < -0.4 is 5.32 Å². The predicted molar refractivity (Wildman–Crippen MR) is 183 cm³/mol. The molecule has 5 aromatic carbocycles. The zero-order valence-corrected chi connectivity index (χ0v) is 26.7. The Morgan fingerprint density at radius 2 is 1.57 bits per heavy atom. The van der Waals surface area contributed by atoms with Gasteiger partial charge in [0.25, 0.3) is 0 Å². The van der Waals surface area contributed by atoms with E-state index in [1.165, 1.54) is 23.3 Å². The Bertz CT molecular complexity index is 1790. The van der Waals surface area contributed by atoms with Crippen molar-refractivity contribution < 1.29 is 19.4 Å². The van der Waals surface area contributed by atoms with Gasteiger partial charge in [-0.3, -0.25) is 9.69 Å². The molecule has 6 nitrogen and oxygen atoms in total. The van der Waals surface area contributed by atoms with Crippen LogP contribution in [0.25, 0.3) is 21.9 Å². The smallest absolute Gasteiger partial charge is 0.217 e. The minimum Gasteiger partial charge on any atom is -0.392 e. The zero-order chi connectivity index (χ0) is 32.0.